The van der Waals surface area contributed by atoms with Crippen LogP contribution in [0, 0.1) is 6.92 Å². The van der Waals surface area contributed by atoms with Gasteiger partial charge in [0.25, 0.3) is 0 Å². The minimum Gasteiger partial charge on any atom is -0.476 e. The van der Waals surface area contributed by atoms with Crippen molar-refractivity contribution < 1.29 is 32.8 Å². The highest BCUT2D eigenvalue weighted by Crippen LogP contribution is 2.29. The number of hydrogen-bond donors (Lipinski definition) is 2. The van der Waals surface area contributed by atoms with Crippen LogP contribution in [-0.4, -0.2) is 30.4 Å². The number of aryl methyl sites for hydroxylation is 2. The molecule has 0 aromatic heterocycles. The second-order valence-electron chi connectivity index (χ2n) is 8.12. The van der Waals surface area contributed by atoms with Gasteiger partial charge in [-0.3, -0.25) is 5.41 Å². The summed E-state index contributed by atoms with van der Waals surface area (Å²) in [5, 5.41) is 5.88. The van der Waals surface area contributed by atoms with Gasteiger partial charge in [-0.05, 0) is 80.1 Å². The Bertz CT molecular complexity index is 1030. The maximum absolute atomic E-state index is 12.7. The number of hydrogen-bond acceptors (Lipinski definition) is 3. The molecule has 0 saturated heterocycles. The van der Waals surface area contributed by atoms with E-state index >= 15 is 0 Å². The molecule has 2 rings (SSSR count). The van der Waals surface area contributed by atoms with Crippen LogP contribution in [-0.2, 0) is 22.1 Å². The van der Waals surface area contributed by atoms with Gasteiger partial charge in [0.1, 0.15) is 5.75 Å². The zero-order chi connectivity index (χ0) is 24.8. The molecule has 0 amide bonds. The highest BCUT2D eigenvalue weighted by atomic mass is 19.4. The van der Waals surface area contributed by atoms with E-state index in [1.165, 1.54) is 19.2 Å². The number of ether oxygens (including phenoxy) is 2. The number of alkyl halides is 3. The molecule has 0 atom stereocenters. The third-order valence-electron chi connectivity index (χ3n) is 4.95. The largest absolute Gasteiger partial charge is 0.476 e. The Balaban J connectivity index is 1.92. The van der Waals surface area contributed by atoms with E-state index in [2.05, 4.69) is 4.99 Å². The Kier molecular flexibility index (Phi) is 8.24. The molecule has 178 valence electrons. The molecule has 2 aromatic rings. The summed E-state index contributed by atoms with van der Waals surface area (Å²) in [4.78, 5) is 15.9. The number of carbonyl (C=O) groups is 1. The average Bonchev–Trinajstić information content (AvgIpc) is 2.74. The summed E-state index contributed by atoms with van der Waals surface area (Å²) in [6.45, 7) is 5.17. The van der Waals surface area contributed by atoms with Gasteiger partial charge >= 0.3 is 18.0 Å². The summed E-state index contributed by atoms with van der Waals surface area (Å²) in [5.41, 5.74) is 6.40. The standard InChI is InChI=1S/C24H28F3N3O3/c1-15-14-16(8-13-19(15)33-23(2,3)22(31)32-4)6-5-7-20(28)30-21(29)17-9-11-18(12-10-17)24(25,26)27/h8-14H,5-7H2,1-4H3,(H3,28,29,30)/p+1. The first kappa shape index (κ1) is 25.9. The number of methoxy groups -OCH3 is 1. The van der Waals surface area contributed by atoms with E-state index in [-0.39, 0.29) is 5.84 Å². The number of nitrogens with two attached hydrogens (primary N) is 2. The van der Waals surface area contributed by atoms with Crippen molar-refractivity contribution in [2.75, 3.05) is 7.11 Å². The van der Waals surface area contributed by atoms with Crippen molar-refractivity contribution in [3.05, 3.63) is 64.7 Å². The molecule has 6 nitrogen and oxygen atoms in total. The third-order valence-corrected chi connectivity index (χ3v) is 4.95. The summed E-state index contributed by atoms with van der Waals surface area (Å²) in [7, 11) is 1.31. The van der Waals surface area contributed by atoms with Crippen molar-refractivity contribution in [2.24, 2.45) is 10.7 Å². The van der Waals surface area contributed by atoms with Crippen LogP contribution in [0.2, 0.25) is 0 Å². The van der Waals surface area contributed by atoms with Gasteiger partial charge in [0.15, 0.2) is 5.60 Å². The Morgan fingerprint density at radius 1 is 1.12 bits per heavy atom. The van der Waals surface area contributed by atoms with Gasteiger partial charge in [0, 0.05) is 6.42 Å². The maximum atomic E-state index is 12.7. The predicted octanol–water partition coefficient (Wildman–Crippen LogP) is 3.23. The quantitative estimate of drug-likeness (QED) is 0.356. The van der Waals surface area contributed by atoms with Gasteiger partial charge < -0.3 is 15.2 Å². The first-order valence-electron chi connectivity index (χ1n) is 10.3. The summed E-state index contributed by atoms with van der Waals surface area (Å²) in [6.07, 6.45) is -2.52. The van der Waals surface area contributed by atoms with Crippen molar-refractivity contribution in [1.82, 2.24) is 0 Å². The molecule has 0 aliphatic carbocycles. The van der Waals surface area contributed by atoms with Gasteiger partial charge in [-0.1, -0.05) is 12.1 Å². The van der Waals surface area contributed by atoms with Crippen molar-refractivity contribution >= 4 is 17.6 Å². The molecular weight excluding hydrogens is 435 g/mol. The Morgan fingerprint density at radius 3 is 2.30 bits per heavy atom. The van der Waals surface area contributed by atoms with Crippen LogP contribution in [0.4, 0.5) is 13.2 Å². The highest BCUT2D eigenvalue weighted by Gasteiger charge is 2.32. The smallest absolute Gasteiger partial charge is 0.416 e. The number of halogens is 3. The van der Waals surface area contributed by atoms with E-state index in [1.807, 2.05) is 25.1 Å². The van der Waals surface area contributed by atoms with Gasteiger partial charge in [-0.25, -0.2) is 4.79 Å². The topological polar surface area (TPSA) is 99.5 Å². The van der Waals surface area contributed by atoms with Crippen molar-refractivity contribution in [1.29, 1.82) is 0 Å². The number of aliphatic imine (C=N–C) groups is 1. The predicted molar refractivity (Wildman–Crippen MR) is 120 cm³/mol. The molecular formula is C24H29F3N3O3+. The number of esters is 1. The normalized spacial score (nSPS) is 12.4. The second kappa shape index (κ2) is 10.5. The first-order valence-corrected chi connectivity index (χ1v) is 10.3. The van der Waals surface area contributed by atoms with E-state index in [0.717, 1.165) is 29.7 Å². The molecule has 0 aliphatic rings. The van der Waals surface area contributed by atoms with E-state index in [9.17, 15) is 18.0 Å². The lowest BCUT2D eigenvalue weighted by Gasteiger charge is -2.24. The molecule has 0 saturated carbocycles. The van der Waals surface area contributed by atoms with Crippen LogP contribution in [0.25, 0.3) is 0 Å². The first-order chi connectivity index (χ1) is 15.3. The third kappa shape index (κ3) is 7.34. The molecule has 0 unspecified atom stereocenters. The SMILES string of the molecule is COC(=O)C(C)(C)Oc1ccc(CCCC(N)=NC(=[NH2+])c2ccc(C(F)(F)F)cc2)cc1C. The van der Waals surface area contributed by atoms with Crippen LogP contribution in [0.15, 0.2) is 47.5 Å². The fourth-order valence-electron chi connectivity index (χ4n) is 3.12. The van der Waals surface area contributed by atoms with Crippen LogP contribution >= 0.6 is 0 Å². The number of amidine groups is 2. The zero-order valence-electron chi connectivity index (χ0n) is 19.1. The molecule has 0 spiro atoms. The maximum Gasteiger partial charge on any atom is 0.416 e. The number of carbonyl (C=O) groups excluding carboxylic acids is 1. The summed E-state index contributed by atoms with van der Waals surface area (Å²) in [5.74, 6) is 0.484. The molecule has 0 fully saturated rings. The van der Waals surface area contributed by atoms with Crippen LogP contribution < -0.4 is 15.9 Å². The molecule has 0 radical (unpaired) electrons. The lowest BCUT2D eigenvalue weighted by molar-refractivity contribution is -0.156. The Labute approximate surface area is 191 Å². The van der Waals surface area contributed by atoms with E-state index in [0.29, 0.717) is 30.0 Å². The Hall–Kier alpha value is -3.36. The highest BCUT2D eigenvalue weighted by molar-refractivity contribution is 6.02. The van der Waals surface area contributed by atoms with Crippen LogP contribution in [0.5, 0.6) is 5.75 Å². The van der Waals surface area contributed by atoms with Crippen molar-refractivity contribution in [2.45, 2.75) is 51.8 Å². The summed E-state index contributed by atoms with van der Waals surface area (Å²) < 4.78 is 48.6. The van der Waals surface area contributed by atoms with E-state index in [1.54, 1.807) is 13.8 Å². The van der Waals surface area contributed by atoms with E-state index in [4.69, 9.17) is 20.6 Å². The summed E-state index contributed by atoms with van der Waals surface area (Å²) >= 11 is 0. The Morgan fingerprint density at radius 2 is 1.76 bits per heavy atom. The van der Waals surface area contributed by atoms with Gasteiger partial charge in [0.2, 0.25) is 5.84 Å². The number of benzene rings is 2. The van der Waals surface area contributed by atoms with Gasteiger partial charge in [-0.15, -0.1) is 0 Å². The average molecular weight is 465 g/mol. The minimum atomic E-state index is -4.41. The molecule has 33 heavy (non-hydrogen) atoms. The molecule has 4 N–H and O–H groups in total. The molecule has 9 heteroatoms. The monoisotopic (exact) mass is 464 g/mol. The van der Waals surface area contributed by atoms with Crippen molar-refractivity contribution in [3.8, 4) is 5.75 Å². The van der Waals surface area contributed by atoms with Crippen LogP contribution in [0.1, 0.15) is 48.9 Å². The second-order valence-corrected chi connectivity index (χ2v) is 8.12. The molecule has 0 heterocycles. The fraction of sp³-hybridized carbons (Fsp3) is 0.375. The number of rotatable bonds is 8. The molecule has 2 aromatic carbocycles. The lowest BCUT2D eigenvalue weighted by Crippen LogP contribution is -2.40. The van der Waals surface area contributed by atoms with Gasteiger partial charge in [0.05, 0.1) is 18.2 Å². The zero-order valence-corrected chi connectivity index (χ0v) is 19.1. The van der Waals surface area contributed by atoms with Crippen LogP contribution in [0.3, 0.4) is 0 Å². The lowest BCUT2D eigenvalue weighted by atomic mass is 10.0. The number of nitrogens with zero attached hydrogens (tertiary/aromatic N) is 1. The summed E-state index contributed by atoms with van der Waals surface area (Å²) in [6, 6.07) is 10.1. The molecule has 0 aliphatic heterocycles. The molecule has 0 bridgehead atoms. The minimum absolute atomic E-state index is 0.0618. The van der Waals surface area contributed by atoms with Crippen molar-refractivity contribution in [3.63, 3.8) is 0 Å². The van der Waals surface area contributed by atoms with Gasteiger partial charge in [-0.2, -0.15) is 13.2 Å². The van der Waals surface area contributed by atoms with E-state index < -0.39 is 23.3 Å². The fourth-order valence-corrected chi connectivity index (χ4v) is 3.12.